The van der Waals surface area contributed by atoms with E-state index in [1.165, 1.54) is 29.8 Å². The number of benzene rings is 2. The Kier molecular flexibility index (Phi) is 3.58. The van der Waals surface area contributed by atoms with E-state index in [1.54, 1.807) is 12.1 Å². The number of anilines is 1. The molecule has 0 fully saturated rings. The number of para-hydroxylation sites is 1. The zero-order valence-electron chi connectivity index (χ0n) is 11.7. The summed E-state index contributed by atoms with van der Waals surface area (Å²) < 4.78 is 27.3. The van der Waals surface area contributed by atoms with Crippen molar-refractivity contribution in [2.24, 2.45) is 0 Å². The van der Waals surface area contributed by atoms with Gasteiger partial charge in [-0.15, -0.1) is 0 Å². The van der Waals surface area contributed by atoms with Crippen molar-refractivity contribution in [1.82, 2.24) is 0 Å². The molecule has 6 nitrogen and oxygen atoms in total. The van der Waals surface area contributed by atoms with Gasteiger partial charge in [-0.2, -0.15) is 0 Å². The fourth-order valence-electron chi connectivity index (χ4n) is 2.68. The fourth-order valence-corrected chi connectivity index (χ4v) is 3.90. The number of rotatable bonds is 4. The van der Waals surface area contributed by atoms with Gasteiger partial charge in [0, 0.05) is 11.8 Å². The van der Waals surface area contributed by atoms with E-state index in [0.29, 0.717) is 5.69 Å². The third kappa shape index (κ3) is 2.67. The number of nitrogens with zero attached hydrogens (tertiary/aromatic N) is 1. The van der Waals surface area contributed by atoms with Crippen LogP contribution < -0.4 is 4.72 Å². The second kappa shape index (κ2) is 5.42. The lowest BCUT2D eigenvalue weighted by atomic mass is 10.1. The molecule has 0 radical (unpaired) electrons. The van der Waals surface area contributed by atoms with Crippen molar-refractivity contribution in [1.29, 1.82) is 0 Å². The molecule has 114 valence electrons. The molecule has 0 bridgehead atoms. The Morgan fingerprint density at radius 1 is 1.05 bits per heavy atom. The molecule has 1 aliphatic rings. The first kappa shape index (κ1) is 14.5. The molecule has 0 atom stereocenters. The van der Waals surface area contributed by atoms with Crippen LogP contribution in [0.4, 0.5) is 11.4 Å². The lowest BCUT2D eigenvalue weighted by molar-refractivity contribution is -0.387. The third-order valence-electron chi connectivity index (χ3n) is 3.70. The molecule has 3 rings (SSSR count). The smallest absolute Gasteiger partial charge is 0.279 e. The summed E-state index contributed by atoms with van der Waals surface area (Å²) >= 11 is 0. The minimum absolute atomic E-state index is 0.333. The molecule has 0 spiro atoms. The summed E-state index contributed by atoms with van der Waals surface area (Å²) in [5.74, 6) is 0. The molecule has 1 aliphatic carbocycles. The molecule has 1 N–H and O–H groups in total. The van der Waals surface area contributed by atoms with E-state index in [4.69, 9.17) is 0 Å². The van der Waals surface area contributed by atoms with Crippen LogP contribution in [0.2, 0.25) is 0 Å². The summed E-state index contributed by atoms with van der Waals surface area (Å²) in [6.07, 6.45) is 3.00. The van der Waals surface area contributed by atoms with E-state index in [0.717, 1.165) is 24.8 Å². The highest BCUT2D eigenvalue weighted by atomic mass is 32.2. The van der Waals surface area contributed by atoms with Crippen molar-refractivity contribution in [3.63, 3.8) is 0 Å². The van der Waals surface area contributed by atoms with Crippen LogP contribution in [0.5, 0.6) is 0 Å². The maximum atomic E-state index is 12.4. The molecule has 22 heavy (non-hydrogen) atoms. The Balaban J connectivity index is 1.96. The van der Waals surface area contributed by atoms with E-state index in [-0.39, 0.29) is 4.90 Å². The van der Waals surface area contributed by atoms with Gasteiger partial charge in [-0.1, -0.05) is 18.2 Å². The maximum absolute atomic E-state index is 12.4. The maximum Gasteiger partial charge on any atom is 0.289 e. The summed E-state index contributed by atoms with van der Waals surface area (Å²) in [6.45, 7) is 0. The highest BCUT2D eigenvalue weighted by Crippen LogP contribution is 2.28. The Bertz CT molecular complexity index is 846. The normalized spacial score (nSPS) is 13.6. The molecule has 0 saturated carbocycles. The molecular formula is C15H14N2O4S. The van der Waals surface area contributed by atoms with Gasteiger partial charge in [0.05, 0.1) is 4.92 Å². The first-order valence-corrected chi connectivity index (χ1v) is 8.34. The predicted molar refractivity (Wildman–Crippen MR) is 82.4 cm³/mol. The summed E-state index contributed by atoms with van der Waals surface area (Å²) in [6, 6.07) is 10.7. The number of aryl methyl sites for hydroxylation is 2. The van der Waals surface area contributed by atoms with Crippen molar-refractivity contribution in [2.75, 3.05) is 4.72 Å². The number of hydrogen-bond donors (Lipinski definition) is 1. The van der Waals surface area contributed by atoms with E-state index < -0.39 is 20.6 Å². The second-order valence-corrected chi connectivity index (χ2v) is 6.82. The van der Waals surface area contributed by atoms with Crippen molar-refractivity contribution in [3.8, 4) is 0 Å². The van der Waals surface area contributed by atoms with Crippen LogP contribution in [0.1, 0.15) is 17.5 Å². The average molecular weight is 318 g/mol. The zero-order valence-corrected chi connectivity index (χ0v) is 12.5. The minimum Gasteiger partial charge on any atom is -0.279 e. The zero-order chi connectivity index (χ0) is 15.7. The van der Waals surface area contributed by atoms with Gasteiger partial charge in [-0.3, -0.25) is 14.8 Å². The van der Waals surface area contributed by atoms with E-state index in [2.05, 4.69) is 4.72 Å². The Morgan fingerprint density at radius 2 is 1.77 bits per heavy atom. The largest absolute Gasteiger partial charge is 0.289 e. The van der Waals surface area contributed by atoms with Crippen LogP contribution in [0.25, 0.3) is 0 Å². The van der Waals surface area contributed by atoms with E-state index in [1.807, 2.05) is 6.07 Å². The summed E-state index contributed by atoms with van der Waals surface area (Å²) in [5.41, 5.74) is 2.35. The van der Waals surface area contributed by atoms with Gasteiger partial charge in [-0.05, 0) is 48.6 Å². The fraction of sp³-hybridized carbons (Fsp3) is 0.200. The summed E-state index contributed by atoms with van der Waals surface area (Å²) in [4.78, 5) is 9.96. The first-order valence-electron chi connectivity index (χ1n) is 6.85. The van der Waals surface area contributed by atoms with Crippen LogP contribution in [-0.4, -0.2) is 13.3 Å². The van der Waals surface area contributed by atoms with Crippen LogP contribution in [0, 0.1) is 10.1 Å². The number of fused-ring (bicyclic) bond motifs is 1. The molecule has 2 aromatic carbocycles. The van der Waals surface area contributed by atoms with Crippen molar-refractivity contribution in [3.05, 3.63) is 63.7 Å². The number of hydrogen-bond acceptors (Lipinski definition) is 4. The van der Waals surface area contributed by atoms with Crippen LogP contribution in [0.15, 0.2) is 47.4 Å². The Labute approximate surface area is 128 Å². The standard InChI is InChI=1S/C15H14N2O4S/c18-17(19)14-6-1-2-7-15(14)22(20,21)16-13-9-8-11-4-3-5-12(11)10-13/h1-2,6-10,16H,3-5H2. The van der Waals surface area contributed by atoms with Crippen LogP contribution in [0.3, 0.4) is 0 Å². The van der Waals surface area contributed by atoms with Gasteiger partial charge in [0.1, 0.15) is 0 Å². The highest BCUT2D eigenvalue weighted by Gasteiger charge is 2.25. The molecular weight excluding hydrogens is 304 g/mol. The molecule has 0 unspecified atom stereocenters. The van der Waals surface area contributed by atoms with E-state index in [9.17, 15) is 18.5 Å². The topological polar surface area (TPSA) is 89.3 Å². The van der Waals surface area contributed by atoms with E-state index >= 15 is 0 Å². The van der Waals surface area contributed by atoms with Gasteiger partial charge >= 0.3 is 0 Å². The second-order valence-electron chi connectivity index (χ2n) is 5.17. The number of nitro groups is 1. The van der Waals surface area contributed by atoms with Gasteiger partial charge in [0.15, 0.2) is 4.90 Å². The SMILES string of the molecule is O=[N+]([O-])c1ccccc1S(=O)(=O)Nc1ccc2c(c1)CCC2. The summed E-state index contributed by atoms with van der Waals surface area (Å²) in [5, 5.41) is 11.0. The molecule has 7 heteroatoms. The number of nitrogens with one attached hydrogen (secondary N) is 1. The monoisotopic (exact) mass is 318 g/mol. The van der Waals surface area contributed by atoms with Gasteiger partial charge in [0.25, 0.3) is 15.7 Å². The van der Waals surface area contributed by atoms with Crippen LogP contribution in [-0.2, 0) is 22.9 Å². The van der Waals surface area contributed by atoms with Crippen molar-refractivity contribution >= 4 is 21.4 Å². The Hall–Kier alpha value is -2.41. The highest BCUT2D eigenvalue weighted by molar-refractivity contribution is 7.92. The summed E-state index contributed by atoms with van der Waals surface area (Å²) in [7, 11) is -4.00. The quantitative estimate of drug-likeness (QED) is 0.693. The molecule has 2 aromatic rings. The van der Waals surface area contributed by atoms with Gasteiger partial charge < -0.3 is 0 Å². The minimum atomic E-state index is -4.00. The molecule has 0 aliphatic heterocycles. The van der Waals surface area contributed by atoms with Gasteiger partial charge in [0.2, 0.25) is 0 Å². The van der Waals surface area contributed by atoms with Crippen molar-refractivity contribution in [2.45, 2.75) is 24.2 Å². The van der Waals surface area contributed by atoms with Crippen molar-refractivity contribution < 1.29 is 13.3 Å². The number of sulfonamides is 1. The van der Waals surface area contributed by atoms with Crippen LogP contribution >= 0.6 is 0 Å². The first-order chi connectivity index (χ1) is 10.5. The lowest BCUT2D eigenvalue weighted by Gasteiger charge is -2.10. The molecule has 0 saturated heterocycles. The Morgan fingerprint density at radius 3 is 2.55 bits per heavy atom. The predicted octanol–water partition coefficient (Wildman–Crippen LogP) is 2.88. The third-order valence-corrected chi connectivity index (χ3v) is 5.13. The molecule has 0 heterocycles. The lowest BCUT2D eigenvalue weighted by Crippen LogP contribution is -2.14. The average Bonchev–Trinajstić information content (AvgIpc) is 2.94. The number of nitro benzene ring substituents is 1. The molecule has 0 amide bonds. The van der Waals surface area contributed by atoms with Gasteiger partial charge in [-0.25, -0.2) is 8.42 Å². The molecule has 0 aromatic heterocycles.